The van der Waals surface area contributed by atoms with Crippen molar-refractivity contribution in [3.63, 3.8) is 0 Å². The summed E-state index contributed by atoms with van der Waals surface area (Å²) < 4.78 is 6.23. The van der Waals surface area contributed by atoms with E-state index < -0.39 is 0 Å². The SMILES string of the molecule is O=C(c1ccccc1)N1CCc2nc(OC3CCN(C4CCC4)CC3)ccc2C1. The van der Waals surface area contributed by atoms with Gasteiger partial charge in [0.15, 0.2) is 0 Å². The second kappa shape index (κ2) is 8.15. The van der Waals surface area contributed by atoms with Crippen LogP contribution in [-0.4, -0.2) is 52.5 Å². The number of pyridine rings is 1. The van der Waals surface area contributed by atoms with Crippen LogP contribution in [-0.2, 0) is 13.0 Å². The van der Waals surface area contributed by atoms with Gasteiger partial charge in [-0.1, -0.05) is 30.7 Å². The fraction of sp³-hybridized carbons (Fsp3) is 0.500. The number of hydrogen-bond acceptors (Lipinski definition) is 4. The zero-order chi connectivity index (χ0) is 19.6. The molecule has 2 aliphatic heterocycles. The molecule has 5 rings (SSSR count). The van der Waals surface area contributed by atoms with Crippen molar-refractivity contribution >= 4 is 5.91 Å². The van der Waals surface area contributed by atoms with Gasteiger partial charge in [-0.3, -0.25) is 4.79 Å². The largest absolute Gasteiger partial charge is 0.474 e. The van der Waals surface area contributed by atoms with Crippen molar-refractivity contribution in [3.8, 4) is 5.88 Å². The number of piperidine rings is 1. The molecule has 1 aromatic carbocycles. The molecule has 0 radical (unpaired) electrons. The second-order valence-electron chi connectivity index (χ2n) is 8.54. The molecule has 0 spiro atoms. The summed E-state index contributed by atoms with van der Waals surface area (Å²) in [6, 6.07) is 14.4. The molecule has 1 amide bonds. The minimum absolute atomic E-state index is 0.0924. The van der Waals surface area contributed by atoms with Gasteiger partial charge in [-0.15, -0.1) is 0 Å². The van der Waals surface area contributed by atoms with E-state index in [-0.39, 0.29) is 12.0 Å². The van der Waals surface area contributed by atoms with Crippen molar-refractivity contribution in [2.75, 3.05) is 19.6 Å². The topological polar surface area (TPSA) is 45.7 Å². The van der Waals surface area contributed by atoms with Crippen LogP contribution in [0.1, 0.15) is 53.7 Å². The lowest BCUT2D eigenvalue weighted by molar-refractivity contribution is 0.0473. The third kappa shape index (κ3) is 4.01. The standard InChI is InChI=1S/C24H29N3O2/c28-24(18-5-2-1-3-6-18)27-16-13-22-19(17-27)9-10-23(25-22)29-21-11-14-26(15-12-21)20-7-4-8-20/h1-3,5-6,9-10,20-21H,4,7-8,11-17H2. The van der Waals surface area contributed by atoms with E-state index in [0.29, 0.717) is 13.1 Å². The predicted molar refractivity (Wildman–Crippen MR) is 112 cm³/mol. The van der Waals surface area contributed by atoms with E-state index in [0.717, 1.165) is 61.1 Å². The smallest absolute Gasteiger partial charge is 0.254 e. The molecular formula is C24H29N3O2. The van der Waals surface area contributed by atoms with Crippen molar-refractivity contribution in [1.29, 1.82) is 0 Å². The first kappa shape index (κ1) is 18.6. The maximum Gasteiger partial charge on any atom is 0.254 e. The van der Waals surface area contributed by atoms with E-state index in [1.54, 1.807) is 0 Å². The van der Waals surface area contributed by atoms with Gasteiger partial charge in [-0.25, -0.2) is 4.98 Å². The molecule has 3 aliphatic rings. The highest BCUT2D eigenvalue weighted by atomic mass is 16.5. The molecule has 5 nitrogen and oxygen atoms in total. The van der Waals surface area contributed by atoms with Crippen LogP contribution >= 0.6 is 0 Å². The lowest BCUT2D eigenvalue weighted by atomic mass is 9.90. The van der Waals surface area contributed by atoms with Gasteiger partial charge in [0, 0.05) is 50.3 Å². The van der Waals surface area contributed by atoms with Crippen molar-refractivity contribution in [1.82, 2.24) is 14.8 Å². The number of benzene rings is 1. The van der Waals surface area contributed by atoms with E-state index in [1.807, 2.05) is 41.3 Å². The van der Waals surface area contributed by atoms with E-state index in [4.69, 9.17) is 9.72 Å². The van der Waals surface area contributed by atoms with E-state index in [2.05, 4.69) is 11.0 Å². The summed E-state index contributed by atoms with van der Waals surface area (Å²) in [6.07, 6.45) is 7.39. The number of carbonyl (C=O) groups excluding carboxylic acids is 1. The van der Waals surface area contributed by atoms with Gasteiger partial charge in [0.25, 0.3) is 5.91 Å². The molecule has 2 aromatic rings. The molecule has 5 heteroatoms. The van der Waals surface area contributed by atoms with Crippen molar-refractivity contribution in [2.45, 2.75) is 57.2 Å². The quantitative estimate of drug-likeness (QED) is 0.798. The molecule has 0 N–H and O–H groups in total. The summed E-state index contributed by atoms with van der Waals surface area (Å²) in [5.74, 6) is 0.837. The molecule has 0 atom stereocenters. The normalized spacial score (nSPS) is 20.8. The Bertz CT molecular complexity index is 858. The molecule has 152 valence electrons. The Morgan fingerprint density at radius 1 is 0.966 bits per heavy atom. The van der Waals surface area contributed by atoms with Crippen LogP contribution in [0.15, 0.2) is 42.5 Å². The van der Waals surface area contributed by atoms with Gasteiger partial charge < -0.3 is 14.5 Å². The maximum absolute atomic E-state index is 12.7. The van der Waals surface area contributed by atoms with Gasteiger partial charge >= 0.3 is 0 Å². The van der Waals surface area contributed by atoms with Crippen LogP contribution < -0.4 is 4.74 Å². The predicted octanol–water partition coefficient (Wildman–Crippen LogP) is 3.68. The third-order valence-corrected chi connectivity index (χ3v) is 6.69. The van der Waals surface area contributed by atoms with Crippen LogP contribution in [0, 0.1) is 0 Å². The molecule has 29 heavy (non-hydrogen) atoms. The van der Waals surface area contributed by atoms with Gasteiger partial charge in [-0.05, 0) is 43.4 Å². The fourth-order valence-electron chi connectivity index (χ4n) is 4.68. The highest BCUT2D eigenvalue weighted by molar-refractivity contribution is 5.94. The zero-order valence-corrected chi connectivity index (χ0v) is 16.9. The van der Waals surface area contributed by atoms with Gasteiger partial charge in [-0.2, -0.15) is 0 Å². The number of nitrogens with zero attached hydrogens (tertiary/aromatic N) is 3. The molecular weight excluding hydrogens is 362 g/mol. The molecule has 0 bridgehead atoms. The summed E-state index contributed by atoms with van der Waals surface area (Å²) in [4.78, 5) is 22.1. The number of fused-ring (bicyclic) bond motifs is 1. The Balaban J connectivity index is 1.19. The summed E-state index contributed by atoms with van der Waals surface area (Å²) in [5.41, 5.74) is 2.95. The first-order valence-electron chi connectivity index (χ1n) is 11.0. The fourth-order valence-corrected chi connectivity index (χ4v) is 4.68. The minimum atomic E-state index is 0.0924. The third-order valence-electron chi connectivity index (χ3n) is 6.69. The molecule has 2 fully saturated rings. The number of ether oxygens (including phenoxy) is 1. The highest BCUT2D eigenvalue weighted by Crippen LogP contribution is 2.29. The number of carbonyl (C=O) groups is 1. The summed E-state index contributed by atoms with van der Waals surface area (Å²) in [6.45, 7) is 3.63. The first-order valence-corrected chi connectivity index (χ1v) is 11.0. The molecule has 3 heterocycles. The number of amides is 1. The molecule has 0 unspecified atom stereocenters. The lowest BCUT2D eigenvalue weighted by Gasteiger charge is -2.41. The number of aromatic nitrogens is 1. The average Bonchev–Trinajstić information content (AvgIpc) is 2.73. The van der Waals surface area contributed by atoms with E-state index in [9.17, 15) is 4.79 Å². The van der Waals surface area contributed by atoms with Gasteiger partial charge in [0.05, 0.1) is 5.69 Å². The van der Waals surface area contributed by atoms with E-state index in [1.165, 1.54) is 19.3 Å². The van der Waals surface area contributed by atoms with Crippen LogP contribution in [0.5, 0.6) is 5.88 Å². The van der Waals surface area contributed by atoms with Crippen LogP contribution in [0.2, 0.25) is 0 Å². The molecule has 1 saturated carbocycles. The van der Waals surface area contributed by atoms with E-state index >= 15 is 0 Å². The average molecular weight is 392 g/mol. The Hall–Kier alpha value is -2.40. The van der Waals surface area contributed by atoms with Crippen LogP contribution in [0.4, 0.5) is 0 Å². The monoisotopic (exact) mass is 391 g/mol. The Morgan fingerprint density at radius 3 is 2.48 bits per heavy atom. The summed E-state index contributed by atoms with van der Waals surface area (Å²) in [5, 5.41) is 0. The second-order valence-corrected chi connectivity index (χ2v) is 8.54. The summed E-state index contributed by atoms with van der Waals surface area (Å²) >= 11 is 0. The number of likely N-dealkylation sites (tertiary alicyclic amines) is 1. The van der Waals surface area contributed by atoms with Crippen molar-refractivity contribution in [2.24, 2.45) is 0 Å². The Kier molecular flexibility index (Phi) is 5.23. The minimum Gasteiger partial charge on any atom is -0.474 e. The number of rotatable bonds is 4. The molecule has 1 saturated heterocycles. The Labute approximate surface area is 172 Å². The molecule has 1 aliphatic carbocycles. The van der Waals surface area contributed by atoms with Crippen LogP contribution in [0.3, 0.4) is 0 Å². The summed E-state index contributed by atoms with van der Waals surface area (Å²) in [7, 11) is 0. The van der Waals surface area contributed by atoms with Crippen molar-refractivity contribution in [3.05, 3.63) is 59.3 Å². The molecule has 1 aromatic heterocycles. The Morgan fingerprint density at radius 2 is 1.76 bits per heavy atom. The van der Waals surface area contributed by atoms with Crippen molar-refractivity contribution < 1.29 is 9.53 Å². The first-order chi connectivity index (χ1) is 14.3. The number of hydrogen-bond donors (Lipinski definition) is 0. The van der Waals surface area contributed by atoms with Crippen LogP contribution in [0.25, 0.3) is 0 Å². The maximum atomic E-state index is 12.7. The van der Waals surface area contributed by atoms with Gasteiger partial charge in [0.1, 0.15) is 6.10 Å². The van der Waals surface area contributed by atoms with Gasteiger partial charge in [0.2, 0.25) is 5.88 Å². The lowest BCUT2D eigenvalue weighted by Crippen LogP contribution is -2.46. The highest BCUT2D eigenvalue weighted by Gasteiger charge is 2.30. The zero-order valence-electron chi connectivity index (χ0n) is 16.9.